The molecule has 0 aliphatic carbocycles. The molecule has 1 amide bonds. The van der Waals surface area contributed by atoms with Crippen molar-refractivity contribution in [3.8, 4) is 0 Å². The number of oxime groups is 1. The third kappa shape index (κ3) is 5.69. The normalized spacial score (nSPS) is 19.1. The molecule has 0 bridgehead atoms. The number of amidine groups is 1. The van der Waals surface area contributed by atoms with Crippen LogP contribution in [0.15, 0.2) is 5.16 Å². The Morgan fingerprint density at radius 3 is 2.79 bits per heavy atom. The number of amides is 1. The third-order valence-corrected chi connectivity index (χ3v) is 4.14. The quantitative estimate of drug-likeness (QED) is 0.271. The Morgan fingerprint density at radius 2 is 2.21 bits per heavy atom. The zero-order chi connectivity index (χ0) is 14.1. The number of carbonyl (C=O) groups excluding carboxylic acids is 1. The van der Waals surface area contributed by atoms with E-state index in [0.717, 1.165) is 37.6 Å². The Kier molecular flexibility index (Phi) is 7.66. The lowest BCUT2D eigenvalue weighted by molar-refractivity contribution is -0.123. The molecule has 0 aromatic heterocycles. The molecule has 0 saturated carbocycles. The molecule has 1 atom stereocenters. The second-order valence-corrected chi connectivity index (χ2v) is 5.84. The van der Waals surface area contributed by atoms with Crippen molar-refractivity contribution in [1.82, 2.24) is 10.2 Å². The minimum atomic E-state index is -0.521. The van der Waals surface area contributed by atoms with Crippen LogP contribution in [0.1, 0.15) is 19.8 Å². The van der Waals surface area contributed by atoms with Gasteiger partial charge >= 0.3 is 0 Å². The Morgan fingerprint density at radius 1 is 1.53 bits per heavy atom. The molecule has 4 N–H and O–H groups in total. The van der Waals surface area contributed by atoms with Crippen molar-refractivity contribution in [2.45, 2.75) is 19.8 Å². The van der Waals surface area contributed by atoms with E-state index in [9.17, 15) is 4.79 Å². The van der Waals surface area contributed by atoms with Gasteiger partial charge in [-0.2, -0.15) is 11.8 Å². The van der Waals surface area contributed by atoms with Crippen molar-refractivity contribution in [3.05, 3.63) is 0 Å². The standard InChI is InChI=1S/C12H24N4O2S/c1-2-3-10(11(13)15-18)12(17)14-4-5-16-6-8-19-9-7-16/h10,18H,2-9H2,1H3,(H2,13,15)(H,14,17). The number of hydrogen-bond acceptors (Lipinski definition) is 5. The summed E-state index contributed by atoms with van der Waals surface area (Å²) >= 11 is 1.97. The molecule has 1 heterocycles. The van der Waals surface area contributed by atoms with E-state index in [-0.39, 0.29) is 11.7 Å². The molecular weight excluding hydrogens is 264 g/mol. The molecule has 110 valence electrons. The molecule has 1 unspecified atom stereocenters. The number of rotatable bonds is 7. The fourth-order valence-electron chi connectivity index (χ4n) is 2.06. The maximum Gasteiger partial charge on any atom is 0.230 e. The molecule has 0 radical (unpaired) electrons. The van der Waals surface area contributed by atoms with E-state index in [1.54, 1.807) is 0 Å². The van der Waals surface area contributed by atoms with Crippen molar-refractivity contribution in [1.29, 1.82) is 0 Å². The van der Waals surface area contributed by atoms with E-state index >= 15 is 0 Å². The predicted molar refractivity (Wildman–Crippen MR) is 78.6 cm³/mol. The topological polar surface area (TPSA) is 91.0 Å². The van der Waals surface area contributed by atoms with Crippen LogP contribution in [0.3, 0.4) is 0 Å². The Labute approximate surface area is 118 Å². The van der Waals surface area contributed by atoms with Crippen LogP contribution in [-0.4, -0.2) is 59.5 Å². The van der Waals surface area contributed by atoms with E-state index in [0.29, 0.717) is 13.0 Å². The molecule has 0 aromatic rings. The van der Waals surface area contributed by atoms with Crippen LogP contribution in [0.5, 0.6) is 0 Å². The van der Waals surface area contributed by atoms with E-state index in [4.69, 9.17) is 10.9 Å². The Bertz CT molecular complexity index is 306. The first kappa shape index (κ1) is 16.1. The highest BCUT2D eigenvalue weighted by Gasteiger charge is 2.22. The number of hydrogen-bond donors (Lipinski definition) is 3. The molecule has 1 saturated heterocycles. The van der Waals surface area contributed by atoms with Gasteiger partial charge in [-0.3, -0.25) is 9.69 Å². The highest BCUT2D eigenvalue weighted by molar-refractivity contribution is 7.99. The van der Waals surface area contributed by atoms with Crippen molar-refractivity contribution in [2.75, 3.05) is 37.7 Å². The molecular formula is C12H24N4O2S. The van der Waals surface area contributed by atoms with Gasteiger partial charge in [0, 0.05) is 37.7 Å². The van der Waals surface area contributed by atoms with E-state index in [1.165, 1.54) is 0 Å². The van der Waals surface area contributed by atoms with Crippen molar-refractivity contribution >= 4 is 23.5 Å². The summed E-state index contributed by atoms with van der Waals surface area (Å²) < 4.78 is 0. The minimum Gasteiger partial charge on any atom is -0.409 e. The summed E-state index contributed by atoms with van der Waals surface area (Å²) in [6, 6.07) is 0. The smallest absolute Gasteiger partial charge is 0.230 e. The summed E-state index contributed by atoms with van der Waals surface area (Å²) in [7, 11) is 0. The van der Waals surface area contributed by atoms with E-state index in [2.05, 4.69) is 15.4 Å². The second kappa shape index (κ2) is 9.03. The van der Waals surface area contributed by atoms with Crippen molar-refractivity contribution < 1.29 is 10.0 Å². The molecule has 1 aliphatic rings. The van der Waals surface area contributed by atoms with Gasteiger partial charge in [0.1, 0.15) is 0 Å². The van der Waals surface area contributed by atoms with Crippen molar-refractivity contribution in [2.24, 2.45) is 16.8 Å². The van der Waals surface area contributed by atoms with Crippen LogP contribution >= 0.6 is 11.8 Å². The molecule has 1 rings (SSSR count). The van der Waals surface area contributed by atoms with Gasteiger partial charge in [0.15, 0.2) is 5.84 Å². The molecule has 19 heavy (non-hydrogen) atoms. The fourth-order valence-corrected chi connectivity index (χ4v) is 3.04. The first-order valence-corrected chi connectivity index (χ1v) is 7.89. The lowest BCUT2D eigenvalue weighted by Gasteiger charge is -2.26. The van der Waals surface area contributed by atoms with Gasteiger partial charge in [-0.15, -0.1) is 0 Å². The van der Waals surface area contributed by atoms with Crippen LogP contribution in [0.2, 0.25) is 0 Å². The van der Waals surface area contributed by atoms with Crippen LogP contribution in [0, 0.1) is 5.92 Å². The highest BCUT2D eigenvalue weighted by Crippen LogP contribution is 2.09. The number of thioether (sulfide) groups is 1. The average molecular weight is 288 g/mol. The number of nitrogens with one attached hydrogen (secondary N) is 1. The summed E-state index contributed by atoms with van der Waals surface area (Å²) in [5, 5.41) is 14.5. The predicted octanol–water partition coefficient (Wildman–Crippen LogP) is 0.314. The van der Waals surface area contributed by atoms with Crippen LogP contribution in [-0.2, 0) is 4.79 Å². The zero-order valence-electron chi connectivity index (χ0n) is 11.5. The average Bonchev–Trinajstić information content (AvgIpc) is 2.45. The molecule has 1 aliphatic heterocycles. The Balaban J connectivity index is 2.31. The fraction of sp³-hybridized carbons (Fsp3) is 0.833. The SMILES string of the molecule is CCCC(C(=O)NCCN1CCSCC1)C(N)=NO. The number of carbonyl (C=O) groups is 1. The highest BCUT2D eigenvalue weighted by atomic mass is 32.2. The van der Waals surface area contributed by atoms with Gasteiger partial charge < -0.3 is 16.3 Å². The maximum atomic E-state index is 12.0. The summed E-state index contributed by atoms with van der Waals surface area (Å²) in [6.07, 6.45) is 1.42. The van der Waals surface area contributed by atoms with Crippen LogP contribution in [0.25, 0.3) is 0 Å². The summed E-state index contributed by atoms with van der Waals surface area (Å²) in [6.45, 7) is 5.61. The monoisotopic (exact) mass is 288 g/mol. The molecule has 1 fully saturated rings. The first-order chi connectivity index (χ1) is 9.19. The summed E-state index contributed by atoms with van der Waals surface area (Å²) in [5.41, 5.74) is 5.54. The van der Waals surface area contributed by atoms with E-state index < -0.39 is 5.92 Å². The number of nitrogens with two attached hydrogens (primary N) is 1. The first-order valence-electron chi connectivity index (χ1n) is 6.74. The van der Waals surface area contributed by atoms with Gasteiger partial charge in [0.2, 0.25) is 5.91 Å². The van der Waals surface area contributed by atoms with Gasteiger partial charge in [0.05, 0.1) is 5.92 Å². The third-order valence-electron chi connectivity index (χ3n) is 3.20. The largest absolute Gasteiger partial charge is 0.409 e. The number of nitrogens with zero attached hydrogens (tertiary/aromatic N) is 2. The van der Waals surface area contributed by atoms with Gasteiger partial charge in [0.25, 0.3) is 0 Å². The van der Waals surface area contributed by atoms with Crippen LogP contribution < -0.4 is 11.1 Å². The molecule has 6 nitrogen and oxygen atoms in total. The second-order valence-electron chi connectivity index (χ2n) is 4.61. The van der Waals surface area contributed by atoms with Crippen LogP contribution in [0.4, 0.5) is 0 Å². The van der Waals surface area contributed by atoms with Gasteiger partial charge in [-0.05, 0) is 6.42 Å². The molecule has 0 aromatic carbocycles. The maximum absolute atomic E-state index is 12.0. The lowest BCUT2D eigenvalue weighted by Crippen LogP contribution is -2.43. The molecule has 0 spiro atoms. The van der Waals surface area contributed by atoms with Crippen molar-refractivity contribution in [3.63, 3.8) is 0 Å². The lowest BCUT2D eigenvalue weighted by atomic mass is 10.0. The zero-order valence-corrected chi connectivity index (χ0v) is 12.3. The Hall–Kier alpha value is -0.950. The minimum absolute atomic E-state index is 0.00581. The van der Waals surface area contributed by atoms with Gasteiger partial charge in [-0.25, -0.2) is 0 Å². The summed E-state index contributed by atoms with van der Waals surface area (Å²) in [4.78, 5) is 14.3. The summed E-state index contributed by atoms with van der Waals surface area (Å²) in [5.74, 6) is 1.65. The van der Waals surface area contributed by atoms with E-state index in [1.807, 2.05) is 18.7 Å². The van der Waals surface area contributed by atoms with Gasteiger partial charge in [-0.1, -0.05) is 18.5 Å². The molecule has 7 heteroatoms.